The summed E-state index contributed by atoms with van der Waals surface area (Å²) < 4.78 is 28.8. The number of carbonyl (C=O) groups is 1. The van der Waals surface area contributed by atoms with E-state index in [0.29, 0.717) is 29.9 Å². The zero-order chi connectivity index (χ0) is 18.0. The number of carbonyl (C=O) groups excluding carboxylic acids is 1. The molecular formula is C18H19BrN2O3S. The number of likely N-dealkylation sites (tertiary alicyclic amines) is 1. The fourth-order valence-corrected chi connectivity index (χ4v) is 4.30. The lowest BCUT2D eigenvalue weighted by atomic mass is 10.1. The number of anilines is 1. The Bertz CT molecular complexity index is 889. The van der Waals surface area contributed by atoms with Crippen LogP contribution in [0.1, 0.15) is 28.8 Å². The van der Waals surface area contributed by atoms with Crippen molar-refractivity contribution in [3.05, 3.63) is 58.1 Å². The first kappa shape index (κ1) is 17.9. The average Bonchev–Trinajstić information content (AvgIpc) is 3.11. The van der Waals surface area contributed by atoms with Gasteiger partial charge < -0.3 is 4.90 Å². The van der Waals surface area contributed by atoms with E-state index in [1.165, 1.54) is 12.1 Å². The first-order chi connectivity index (χ1) is 11.9. The molecule has 5 nitrogen and oxygen atoms in total. The molecule has 0 radical (unpaired) electrons. The van der Waals surface area contributed by atoms with Gasteiger partial charge in [-0.2, -0.15) is 0 Å². The first-order valence-electron chi connectivity index (χ1n) is 8.06. The van der Waals surface area contributed by atoms with Crippen molar-refractivity contribution in [2.45, 2.75) is 24.7 Å². The molecule has 2 aromatic carbocycles. The van der Waals surface area contributed by atoms with Crippen LogP contribution in [0.4, 0.5) is 5.69 Å². The molecule has 1 amide bonds. The Balaban J connectivity index is 1.96. The summed E-state index contributed by atoms with van der Waals surface area (Å²) >= 11 is 3.29. The SMILES string of the molecule is Cc1cccc(C(=O)N2CCCC2)c1NS(=O)(=O)c1ccc(Br)cc1. The fourth-order valence-electron chi connectivity index (χ4n) is 2.88. The van der Waals surface area contributed by atoms with Crippen molar-refractivity contribution >= 4 is 37.5 Å². The van der Waals surface area contributed by atoms with Gasteiger partial charge in [0.1, 0.15) is 0 Å². The number of hydrogen-bond acceptors (Lipinski definition) is 3. The van der Waals surface area contributed by atoms with Gasteiger partial charge in [0.15, 0.2) is 0 Å². The second-order valence-corrected chi connectivity index (χ2v) is 8.65. The van der Waals surface area contributed by atoms with Gasteiger partial charge in [-0.05, 0) is 55.7 Å². The number of benzene rings is 2. The predicted octanol–water partition coefficient (Wildman–Crippen LogP) is 3.79. The van der Waals surface area contributed by atoms with E-state index in [-0.39, 0.29) is 10.8 Å². The van der Waals surface area contributed by atoms with Crippen LogP contribution in [0.25, 0.3) is 0 Å². The lowest BCUT2D eigenvalue weighted by molar-refractivity contribution is 0.0794. The highest BCUT2D eigenvalue weighted by molar-refractivity contribution is 9.10. The number of rotatable bonds is 4. The summed E-state index contributed by atoms with van der Waals surface area (Å²) in [6.45, 7) is 3.22. The third kappa shape index (κ3) is 3.88. The minimum atomic E-state index is -3.77. The number of aryl methyl sites for hydroxylation is 1. The Morgan fingerprint density at radius 1 is 1.08 bits per heavy atom. The van der Waals surface area contributed by atoms with E-state index >= 15 is 0 Å². The standard InChI is InChI=1S/C18H19BrN2O3S/c1-13-5-4-6-16(18(22)21-11-2-3-12-21)17(13)20-25(23,24)15-9-7-14(19)8-10-15/h4-10,20H,2-3,11-12H2,1H3. The van der Waals surface area contributed by atoms with Crippen molar-refractivity contribution in [3.63, 3.8) is 0 Å². The van der Waals surface area contributed by atoms with Crippen molar-refractivity contribution in [2.24, 2.45) is 0 Å². The normalized spacial score (nSPS) is 14.6. The van der Waals surface area contributed by atoms with E-state index < -0.39 is 10.0 Å². The summed E-state index contributed by atoms with van der Waals surface area (Å²) in [5, 5.41) is 0. The molecule has 132 valence electrons. The molecule has 1 N–H and O–H groups in total. The maximum Gasteiger partial charge on any atom is 0.261 e. The average molecular weight is 423 g/mol. The Morgan fingerprint density at radius 3 is 2.36 bits per heavy atom. The smallest absolute Gasteiger partial charge is 0.261 e. The number of amides is 1. The molecule has 1 heterocycles. The van der Waals surface area contributed by atoms with Crippen LogP contribution < -0.4 is 4.72 Å². The van der Waals surface area contributed by atoms with Gasteiger partial charge in [-0.3, -0.25) is 9.52 Å². The van der Waals surface area contributed by atoms with Gasteiger partial charge in [-0.15, -0.1) is 0 Å². The minimum absolute atomic E-state index is 0.130. The maximum absolute atomic E-state index is 12.8. The topological polar surface area (TPSA) is 66.5 Å². The summed E-state index contributed by atoms with van der Waals surface area (Å²) in [7, 11) is -3.77. The maximum atomic E-state index is 12.8. The molecule has 1 saturated heterocycles. The zero-order valence-corrected chi connectivity index (χ0v) is 16.2. The molecule has 0 unspecified atom stereocenters. The third-order valence-electron chi connectivity index (χ3n) is 4.26. The van der Waals surface area contributed by atoms with Crippen molar-refractivity contribution < 1.29 is 13.2 Å². The van der Waals surface area contributed by atoms with Gasteiger partial charge in [0.2, 0.25) is 0 Å². The van der Waals surface area contributed by atoms with Crippen molar-refractivity contribution in [3.8, 4) is 0 Å². The molecule has 0 aliphatic carbocycles. The summed E-state index contributed by atoms with van der Waals surface area (Å²) in [6, 6.07) is 11.6. The molecule has 0 saturated carbocycles. The van der Waals surface area contributed by atoms with Gasteiger partial charge in [0, 0.05) is 17.6 Å². The molecule has 3 rings (SSSR count). The summed E-state index contributed by atoms with van der Waals surface area (Å²) in [4.78, 5) is 14.7. The zero-order valence-electron chi connectivity index (χ0n) is 13.8. The third-order valence-corrected chi connectivity index (χ3v) is 6.15. The van der Waals surface area contributed by atoms with E-state index in [9.17, 15) is 13.2 Å². The first-order valence-corrected chi connectivity index (χ1v) is 10.3. The lowest BCUT2D eigenvalue weighted by Gasteiger charge is -2.19. The van der Waals surface area contributed by atoms with Gasteiger partial charge in [-0.1, -0.05) is 28.1 Å². The van der Waals surface area contributed by atoms with Crippen molar-refractivity contribution in [1.82, 2.24) is 4.90 Å². The summed E-state index contributed by atoms with van der Waals surface area (Å²) in [6.07, 6.45) is 1.97. The van der Waals surface area contributed by atoms with Gasteiger partial charge in [-0.25, -0.2) is 8.42 Å². The molecule has 2 aromatic rings. The van der Waals surface area contributed by atoms with Crippen LogP contribution in [-0.2, 0) is 10.0 Å². The summed E-state index contributed by atoms with van der Waals surface area (Å²) in [5.41, 5.74) is 1.45. The van der Waals surface area contributed by atoms with Gasteiger partial charge in [0.25, 0.3) is 15.9 Å². The number of halogens is 1. The predicted molar refractivity (Wildman–Crippen MR) is 101 cm³/mol. The van der Waals surface area contributed by atoms with Gasteiger partial charge in [0.05, 0.1) is 16.1 Å². The lowest BCUT2D eigenvalue weighted by Crippen LogP contribution is -2.29. The highest BCUT2D eigenvalue weighted by Crippen LogP contribution is 2.27. The van der Waals surface area contributed by atoms with E-state index in [4.69, 9.17) is 0 Å². The number of para-hydroxylation sites is 1. The van der Waals surface area contributed by atoms with E-state index in [2.05, 4.69) is 20.7 Å². The highest BCUT2D eigenvalue weighted by Gasteiger charge is 2.25. The molecule has 0 aromatic heterocycles. The van der Waals surface area contributed by atoms with Crippen LogP contribution in [0.3, 0.4) is 0 Å². The Kier molecular flexibility index (Phi) is 5.15. The fraction of sp³-hybridized carbons (Fsp3) is 0.278. The Hall–Kier alpha value is -1.86. The number of nitrogens with zero attached hydrogens (tertiary/aromatic N) is 1. The quantitative estimate of drug-likeness (QED) is 0.814. The Morgan fingerprint density at radius 2 is 1.72 bits per heavy atom. The highest BCUT2D eigenvalue weighted by atomic mass is 79.9. The molecule has 0 spiro atoms. The Labute approximate surface area is 156 Å². The van der Waals surface area contributed by atoms with Crippen molar-refractivity contribution in [2.75, 3.05) is 17.8 Å². The van der Waals surface area contributed by atoms with Crippen LogP contribution in [-0.4, -0.2) is 32.3 Å². The van der Waals surface area contributed by atoms with Crippen LogP contribution in [0.15, 0.2) is 51.8 Å². The van der Waals surface area contributed by atoms with E-state index in [0.717, 1.165) is 17.3 Å². The second-order valence-electron chi connectivity index (χ2n) is 6.06. The van der Waals surface area contributed by atoms with Gasteiger partial charge >= 0.3 is 0 Å². The molecule has 1 aliphatic rings. The molecule has 0 atom stereocenters. The molecule has 7 heteroatoms. The molecular weight excluding hydrogens is 404 g/mol. The number of sulfonamides is 1. The molecule has 1 aliphatic heterocycles. The van der Waals surface area contributed by atoms with Crippen LogP contribution in [0.5, 0.6) is 0 Å². The molecule has 0 bridgehead atoms. The minimum Gasteiger partial charge on any atom is -0.339 e. The number of hydrogen-bond donors (Lipinski definition) is 1. The van der Waals surface area contributed by atoms with Crippen molar-refractivity contribution in [1.29, 1.82) is 0 Å². The second kappa shape index (κ2) is 7.17. The van der Waals surface area contributed by atoms with Crippen LogP contribution in [0.2, 0.25) is 0 Å². The number of nitrogens with one attached hydrogen (secondary N) is 1. The van der Waals surface area contributed by atoms with Crippen LogP contribution in [0, 0.1) is 6.92 Å². The van der Waals surface area contributed by atoms with E-state index in [1.54, 1.807) is 42.2 Å². The molecule has 25 heavy (non-hydrogen) atoms. The largest absolute Gasteiger partial charge is 0.339 e. The molecule has 1 fully saturated rings. The summed E-state index contributed by atoms with van der Waals surface area (Å²) in [5.74, 6) is -0.130. The van der Waals surface area contributed by atoms with E-state index in [1.807, 2.05) is 0 Å². The van der Waals surface area contributed by atoms with Crippen LogP contribution >= 0.6 is 15.9 Å². The monoisotopic (exact) mass is 422 g/mol.